The predicted molar refractivity (Wildman–Crippen MR) is 112 cm³/mol. The minimum atomic E-state index is -0.370. The normalized spacial score (nSPS) is 18.6. The van der Waals surface area contributed by atoms with E-state index in [0.717, 1.165) is 43.2 Å². The number of hydrogen-bond donors (Lipinski definition) is 0. The van der Waals surface area contributed by atoms with Crippen molar-refractivity contribution in [2.45, 2.75) is 31.3 Å². The lowest BCUT2D eigenvalue weighted by Gasteiger charge is -2.38. The Bertz CT molecular complexity index is 963. The molecule has 0 N–H and O–H groups in total. The number of para-hydroxylation sites is 1. The lowest BCUT2D eigenvalue weighted by Crippen LogP contribution is -2.48. The zero-order valence-electron chi connectivity index (χ0n) is 15.8. The molecular formula is C23H23N3OS. The van der Waals surface area contributed by atoms with Gasteiger partial charge in [-0.25, -0.2) is 4.98 Å². The van der Waals surface area contributed by atoms with Crippen LogP contribution in [0.3, 0.4) is 0 Å². The van der Waals surface area contributed by atoms with Crippen LogP contribution < -0.4 is 4.90 Å². The molecule has 0 saturated carbocycles. The van der Waals surface area contributed by atoms with Crippen LogP contribution in [0.2, 0.25) is 0 Å². The highest BCUT2D eigenvalue weighted by molar-refractivity contribution is 7.09. The number of rotatable bonds is 4. The predicted octanol–water partition coefficient (Wildman–Crippen LogP) is 4.22. The Labute approximate surface area is 169 Å². The van der Waals surface area contributed by atoms with Gasteiger partial charge in [0.25, 0.3) is 0 Å². The van der Waals surface area contributed by atoms with Gasteiger partial charge in [-0.2, -0.15) is 0 Å². The van der Waals surface area contributed by atoms with Crippen molar-refractivity contribution in [3.05, 3.63) is 82.3 Å². The number of amides is 1. The molecule has 0 bridgehead atoms. The summed E-state index contributed by atoms with van der Waals surface area (Å²) in [6.45, 7) is 3.39. The zero-order chi connectivity index (χ0) is 19.0. The topological polar surface area (TPSA) is 36.4 Å². The number of aromatic nitrogens is 1. The minimum Gasteiger partial charge on any atom is -0.307 e. The molecular weight excluding hydrogens is 366 g/mol. The lowest BCUT2D eigenvalue weighted by atomic mass is 9.73. The maximum Gasteiger partial charge on any atom is 0.238 e. The summed E-state index contributed by atoms with van der Waals surface area (Å²) in [5, 5.41) is 3.18. The van der Waals surface area contributed by atoms with E-state index in [4.69, 9.17) is 0 Å². The van der Waals surface area contributed by atoms with Gasteiger partial charge < -0.3 is 4.90 Å². The van der Waals surface area contributed by atoms with Crippen LogP contribution in [0.1, 0.15) is 29.0 Å². The zero-order valence-corrected chi connectivity index (χ0v) is 16.6. The van der Waals surface area contributed by atoms with Gasteiger partial charge in [0.15, 0.2) is 0 Å². The van der Waals surface area contributed by atoms with Gasteiger partial charge in [0.2, 0.25) is 5.91 Å². The quantitative estimate of drug-likeness (QED) is 0.670. The summed E-state index contributed by atoms with van der Waals surface area (Å²) < 4.78 is 0. The number of hydrogen-bond acceptors (Lipinski definition) is 4. The van der Waals surface area contributed by atoms with Gasteiger partial charge in [-0.3, -0.25) is 9.69 Å². The fourth-order valence-corrected chi connectivity index (χ4v) is 5.28. The SMILES string of the molecule is O=C1N(Cc2ccccc2)c2ccccc2C12CCN(Cc1nccs1)CC2. The molecule has 0 unspecified atom stereocenters. The van der Waals surface area contributed by atoms with E-state index >= 15 is 0 Å². The van der Waals surface area contributed by atoms with Crippen LogP contribution in [0.4, 0.5) is 5.69 Å². The molecule has 5 rings (SSSR count). The average molecular weight is 390 g/mol. The van der Waals surface area contributed by atoms with Gasteiger partial charge in [0.1, 0.15) is 5.01 Å². The number of carbonyl (C=O) groups excluding carboxylic acids is 1. The third-order valence-electron chi connectivity index (χ3n) is 6.10. The van der Waals surface area contributed by atoms with E-state index in [9.17, 15) is 4.79 Å². The summed E-state index contributed by atoms with van der Waals surface area (Å²) in [7, 11) is 0. The molecule has 2 aliphatic rings. The molecule has 0 radical (unpaired) electrons. The average Bonchev–Trinajstić information content (AvgIpc) is 3.33. The van der Waals surface area contributed by atoms with Crippen molar-refractivity contribution in [2.24, 2.45) is 0 Å². The first-order valence-electron chi connectivity index (χ1n) is 9.82. The van der Waals surface area contributed by atoms with Crippen LogP contribution in [-0.4, -0.2) is 28.9 Å². The number of benzene rings is 2. The summed E-state index contributed by atoms with van der Waals surface area (Å²) in [6, 6.07) is 18.7. The van der Waals surface area contributed by atoms with Crippen molar-refractivity contribution in [2.75, 3.05) is 18.0 Å². The second kappa shape index (κ2) is 7.15. The summed E-state index contributed by atoms with van der Waals surface area (Å²) >= 11 is 1.70. The second-order valence-electron chi connectivity index (χ2n) is 7.68. The molecule has 1 saturated heterocycles. The number of anilines is 1. The highest BCUT2D eigenvalue weighted by atomic mass is 32.1. The summed E-state index contributed by atoms with van der Waals surface area (Å²) in [6.07, 6.45) is 3.61. The van der Waals surface area contributed by atoms with Gasteiger partial charge in [-0.15, -0.1) is 11.3 Å². The molecule has 2 aromatic carbocycles. The molecule has 142 valence electrons. The third-order valence-corrected chi connectivity index (χ3v) is 6.86. The van der Waals surface area contributed by atoms with Crippen LogP contribution in [0.15, 0.2) is 66.2 Å². The number of likely N-dealkylation sites (tertiary alicyclic amines) is 1. The van der Waals surface area contributed by atoms with Gasteiger partial charge >= 0.3 is 0 Å². The monoisotopic (exact) mass is 389 g/mol. The summed E-state index contributed by atoms with van der Waals surface area (Å²) in [4.78, 5) is 22.5. The molecule has 5 heteroatoms. The van der Waals surface area contributed by atoms with E-state index in [-0.39, 0.29) is 11.3 Å². The first-order chi connectivity index (χ1) is 13.8. The highest BCUT2D eigenvalue weighted by Gasteiger charge is 2.51. The number of fused-ring (bicyclic) bond motifs is 2. The van der Waals surface area contributed by atoms with Crippen molar-refractivity contribution in [1.82, 2.24) is 9.88 Å². The molecule has 28 heavy (non-hydrogen) atoms. The summed E-state index contributed by atoms with van der Waals surface area (Å²) in [5.74, 6) is 0.270. The fraction of sp³-hybridized carbons (Fsp3) is 0.304. The molecule has 1 fully saturated rings. The Hall–Kier alpha value is -2.50. The van der Waals surface area contributed by atoms with Crippen molar-refractivity contribution in [1.29, 1.82) is 0 Å². The fourth-order valence-electron chi connectivity index (χ4n) is 4.62. The standard InChI is InChI=1S/C23H23N3OS/c27-22-23(10-13-25(14-11-23)17-21-24-12-15-28-21)19-8-4-5-9-20(19)26(22)16-18-6-2-1-3-7-18/h1-9,12,15H,10-11,13-14,16-17H2. The van der Waals surface area contributed by atoms with E-state index in [1.165, 1.54) is 11.1 Å². The molecule has 1 aromatic heterocycles. The van der Waals surface area contributed by atoms with Gasteiger partial charge in [0, 0.05) is 17.3 Å². The van der Waals surface area contributed by atoms with E-state index in [1.807, 2.05) is 40.7 Å². The van der Waals surface area contributed by atoms with Crippen molar-refractivity contribution in [3.8, 4) is 0 Å². The van der Waals surface area contributed by atoms with Crippen LogP contribution in [-0.2, 0) is 23.3 Å². The largest absolute Gasteiger partial charge is 0.307 e. The number of thiazole rings is 1. The van der Waals surface area contributed by atoms with E-state index in [2.05, 4.69) is 40.2 Å². The Morgan fingerprint density at radius 2 is 1.71 bits per heavy atom. The third kappa shape index (κ3) is 2.95. The van der Waals surface area contributed by atoms with Gasteiger partial charge in [-0.1, -0.05) is 48.5 Å². The van der Waals surface area contributed by atoms with E-state index < -0.39 is 0 Å². The molecule has 0 aliphatic carbocycles. The van der Waals surface area contributed by atoms with Gasteiger partial charge in [-0.05, 0) is 43.1 Å². The van der Waals surface area contributed by atoms with Crippen LogP contribution in [0, 0.1) is 0 Å². The Balaban J connectivity index is 1.40. The molecule has 4 nitrogen and oxygen atoms in total. The van der Waals surface area contributed by atoms with Crippen LogP contribution in [0.5, 0.6) is 0 Å². The smallest absolute Gasteiger partial charge is 0.238 e. The molecule has 3 heterocycles. The lowest BCUT2D eigenvalue weighted by molar-refractivity contribution is -0.125. The summed E-state index contributed by atoms with van der Waals surface area (Å²) in [5.41, 5.74) is 3.10. The first kappa shape index (κ1) is 17.6. The first-order valence-corrected chi connectivity index (χ1v) is 10.7. The number of piperidine rings is 1. The number of carbonyl (C=O) groups is 1. The highest BCUT2D eigenvalue weighted by Crippen LogP contribution is 2.48. The van der Waals surface area contributed by atoms with Gasteiger partial charge in [0.05, 0.1) is 18.5 Å². The van der Waals surface area contributed by atoms with Crippen molar-refractivity contribution in [3.63, 3.8) is 0 Å². The Morgan fingerprint density at radius 1 is 0.964 bits per heavy atom. The second-order valence-corrected chi connectivity index (χ2v) is 8.66. The Kier molecular flexibility index (Phi) is 4.49. The van der Waals surface area contributed by atoms with E-state index in [0.29, 0.717) is 6.54 Å². The molecule has 1 amide bonds. The van der Waals surface area contributed by atoms with E-state index in [1.54, 1.807) is 11.3 Å². The van der Waals surface area contributed by atoms with Crippen LogP contribution in [0.25, 0.3) is 0 Å². The molecule has 2 aliphatic heterocycles. The molecule has 0 atom stereocenters. The molecule has 1 spiro atoms. The van der Waals surface area contributed by atoms with Crippen molar-refractivity contribution >= 4 is 22.9 Å². The molecule has 3 aromatic rings. The maximum absolute atomic E-state index is 13.7. The van der Waals surface area contributed by atoms with Crippen molar-refractivity contribution < 1.29 is 4.79 Å². The maximum atomic E-state index is 13.7. The Morgan fingerprint density at radius 3 is 2.46 bits per heavy atom. The van der Waals surface area contributed by atoms with Crippen LogP contribution >= 0.6 is 11.3 Å². The minimum absolute atomic E-state index is 0.270. The number of nitrogens with zero attached hydrogens (tertiary/aromatic N) is 3.